The highest BCUT2D eigenvalue weighted by molar-refractivity contribution is 5.53. The van der Waals surface area contributed by atoms with E-state index in [1.54, 1.807) is 0 Å². The highest BCUT2D eigenvalue weighted by Crippen LogP contribution is 2.01. The Labute approximate surface area is 54.9 Å². The molecule has 0 spiro atoms. The van der Waals surface area contributed by atoms with Gasteiger partial charge in [-0.3, -0.25) is 0 Å². The quantitative estimate of drug-likeness (QED) is 0.496. The zero-order valence-electron chi connectivity index (χ0n) is 5.42. The summed E-state index contributed by atoms with van der Waals surface area (Å²) in [6, 6.07) is 0. The van der Waals surface area contributed by atoms with Crippen LogP contribution in [0, 0.1) is 5.92 Å². The Balaban J connectivity index is 3.29. The third-order valence-corrected chi connectivity index (χ3v) is 1.23. The summed E-state index contributed by atoms with van der Waals surface area (Å²) >= 11 is 0. The average Bonchev–Trinajstić information content (AvgIpc) is 1.88. The molecule has 0 aromatic heterocycles. The Morgan fingerprint density at radius 1 is 1.56 bits per heavy atom. The van der Waals surface area contributed by atoms with Crippen LogP contribution in [0.25, 0.3) is 0 Å². The lowest BCUT2D eigenvalue weighted by Crippen LogP contribution is -2.11. The van der Waals surface area contributed by atoms with Crippen molar-refractivity contribution < 1.29 is 9.90 Å². The summed E-state index contributed by atoms with van der Waals surface area (Å²) in [7, 11) is 0. The number of carbonyl (C=O) groups is 1. The molecular formula is C6H13NO2. The number of aldehydes is 1. The van der Waals surface area contributed by atoms with E-state index in [2.05, 4.69) is 0 Å². The Kier molecular flexibility index (Phi) is 5.46. The van der Waals surface area contributed by atoms with E-state index in [0.717, 1.165) is 6.29 Å². The second kappa shape index (κ2) is 5.72. The molecule has 0 aliphatic heterocycles. The summed E-state index contributed by atoms with van der Waals surface area (Å²) in [6.07, 6.45) is 2.08. The summed E-state index contributed by atoms with van der Waals surface area (Å²) in [5.41, 5.74) is 5.19. The summed E-state index contributed by atoms with van der Waals surface area (Å²) in [4.78, 5) is 10.1. The van der Waals surface area contributed by atoms with Crippen molar-refractivity contribution in [3.8, 4) is 0 Å². The lowest BCUT2D eigenvalue weighted by atomic mass is 10.0. The number of hydrogen-bond acceptors (Lipinski definition) is 3. The second-order valence-corrected chi connectivity index (χ2v) is 1.99. The molecule has 0 aliphatic carbocycles. The molecule has 0 radical (unpaired) electrons. The summed E-state index contributed by atoms with van der Waals surface area (Å²) < 4.78 is 0. The molecule has 0 heterocycles. The fourth-order valence-corrected chi connectivity index (χ4v) is 0.660. The van der Waals surface area contributed by atoms with Crippen LogP contribution >= 0.6 is 0 Å². The highest BCUT2D eigenvalue weighted by Gasteiger charge is 2.03. The van der Waals surface area contributed by atoms with Gasteiger partial charge in [-0.2, -0.15) is 0 Å². The van der Waals surface area contributed by atoms with Crippen LogP contribution in [0.2, 0.25) is 0 Å². The molecular weight excluding hydrogens is 118 g/mol. The number of aliphatic hydroxyl groups excluding tert-OH is 1. The molecule has 1 atom stereocenters. The molecule has 1 unspecified atom stereocenters. The minimum Gasteiger partial charge on any atom is -0.396 e. The topological polar surface area (TPSA) is 63.3 Å². The van der Waals surface area contributed by atoms with Crippen molar-refractivity contribution in [1.82, 2.24) is 0 Å². The fourth-order valence-electron chi connectivity index (χ4n) is 0.660. The van der Waals surface area contributed by atoms with Crippen LogP contribution in [0.3, 0.4) is 0 Å². The van der Waals surface area contributed by atoms with Gasteiger partial charge in [-0.15, -0.1) is 0 Å². The van der Waals surface area contributed by atoms with Crippen LogP contribution in [-0.2, 0) is 4.79 Å². The smallest absolute Gasteiger partial charge is 0.123 e. The predicted octanol–water partition coefficient (Wildman–Crippen LogP) is -0.467. The van der Waals surface area contributed by atoms with Crippen LogP contribution in [0.15, 0.2) is 0 Å². The largest absolute Gasteiger partial charge is 0.396 e. The Morgan fingerprint density at radius 3 is 2.56 bits per heavy atom. The lowest BCUT2D eigenvalue weighted by molar-refractivity contribution is -0.111. The minimum atomic E-state index is -0.0417. The number of hydrogen-bond donors (Lipinski definition) is 2. The van der Waals surface area contributed by atoms with E-state index >= 15 is 0 Å². The highest BCUT2D eigenvalue weighted by atomic mass is 16.3. The van der Waals surface area contributed by atoms with Crippen LogP contribution in [0.1, 0.15) is 12.8 Å². The van der Waals surface area contributed by atoms with Gasteiger partial charge in [0.25, 0.3) is 0 Å². The fraction of sp³-hybridized carbons (Fsp3) is 0.833. The maximum absolute atomic E-state index is 10.1. The Hall–Kier alpha value is -0.410. The third kappa shape index (κ3) is 4.12. The molecule has 0 aromatic carbocycles. The predicted molar refractivity (Wildman–Crippen MR) is 34.9 cm³/mol. The van der Waals surface area contributed by atoms with Gasteiger partial charge in [-0.1, -0.05) is 0 Å². The lowest BCUT2D eigenvalue weighted by Gasteiger charge is -2.03. The first-order valence-electron chi connectivity index (χ1n) is 3.11. The van der Waals surface area contributed by atoms with Crippen LogP contribution < -0.4 is 5.73 Å². The van der Waals surface area contributed by atoms with Crippen molar-refractivity contribution in [3.63, 3.8) is 0 Å². The molecule has 0 saturated heterocycles. The van der Waals surface area contributed by atoms with Crippen molar-refractivity contribution in [1.29, 1.82) is 0 Å². The Bertz CT molecular complexity index is 69.5. The van der Waals surface area contributed by atoms with E-state index in [1.807, 2.05) is 0 Å². The van der Waals surface area contributed by atoms with Gasteiger partial charge in [0.1, 0.15) is 6.29 Å². The molecule has 0 aromatic rings. The number of carbonyl (C=O) groups excluding carboxylic acids is 1. The van der Waals surface area contributed by atoms with Crippen LogP contribution in [0.4, 0.5) is 0 Å². The van der Waals surface area contributed by atoms with E-state index in [9.17, 15) is 4.79 Å². The standard InChI is InChI=1S/C6H13NO2/c7-3-1-6(5-9)2-4-8/h5-6,8H,1-4,7H2. The van der Waals surface area contributed by atoms with Crippen molar-refractivity contribution in [2.45, 2.75) is 12.8 Å². The van der Waals surface area contributed by atoms with Crippen molar-refractivity contribution >= 4 is 6.29 Å². The molecule has 0 fully saturated rings. The normalized spacial score (nSPS) is 13.1. The van der Waals surface area contributed by atoms with Gasteiger partial charge in [-0.05, 0) is 19.4 Å². The van der Waals surface area contributed by atoms with Crippen molar-refractivity contribution in [2.75, 3.05) is 13.2 Å². The number of nitrogens with two attached hydrogens (primary N) is 1. The molecule has 0 amide bonds. The van der Waals surface area contributed by atoms with Crippen LogP contribution in [-0.4, -0.2) is 24.5 Å². The SMILES string of the molecule is NCCC(C=O)CCO. The first kappa shape index (κ1) is 8.59. The maximum atomic E-state index is 10.1. The second-order valence-electron chi connectivity index (χ2n) is 1.99. The van der Waals surface area contributed by atoms with Crippen molar-refractivity contribution in [2.24, 2.45) is 11.7 Å². The van der Waals surface area contributed by atoms with Gasteiger partial charge in [-0.25, -0.2) is 0 Å². The molecule has 9 heavy (non-hydrogen) atoms. The summed E-state index contributed by atoms with van der Waals surface area (Å²) in [6.45, 7) is 0.590. The zero-order chi connectivity index (χ0) is 7.11. The zero-order valence-corrected chi connectivity index (χ0v) is 5.42. The van der Waals surface area contributed by atoms with E-state index < -0.39 is 0 Å². The van der Waals surface area contributed by atoms with E-state index in [0.29, 0.717) is 19.4 Å². The molecule has 3 nitrogen and oxygen atoms in total. The monoisotopic (exact) mass is 131 g/mol. The number of aliphatic hydroxyl groups is 1. The molecule has 0 bridgehead atoms. The van der Waals surface area contributed by atoms with E-state index in [-0.39, 0.29) is 12.5 Å². The molecule has 0 saturated carbocycles. The molecule has 3 heteroatoms. The first-order chi connectivity index (χ1) is 4.35. The maximum Gasteiger partial charge on any atom is 0.123 e. The van der Waals surface area contributed by atoms with Crippen LogP contribution in [0.5, 0.6) is 0 Å². The Morgan fingerprint density at radius 2 is 2.22 bits per heavy atom. The number of rotatable bonds is 5. The van der Waals surface area contributed by atoms with E-state index in [4.69, 9.17) is 10.8 Å². The molecule has 0 rings (SSSR count). The van der Waals surface area contributed by atoms with Gasteiger partial charge >= 0.3 is 0 Å². The van der Waals surface area contributed by atoms with Gasteiger partial charge in [0.15, 0.2) is 0 Å². The summed E-state index contributed by atoms with van der Waals surface area (Å²) in [5.74, 6) is -0.0417. The minimum absolute atomic E-state index is 0.0417. The summed E-state index contributed by atoms with van der Waals surface area (Å²) in [5, 5.41) is 8.39. The molecule has 0 aliphatic rings. The first-order valence-corrected chi connectivity index (χ1v) is 3.11. The van der Waals surface area contributed by atoms with Gasteiger partial charge in [0.2, 0.25) is 0 Å². The van der Waals surface area contributed by atoms with E-state index in [1.165, 1.54) is 0 Å². The third-order valence-electron chi connectivity index (χ3n) is 1.23. The van der Waals surface area contributed by atoms with Gasteiger partial charge in [0, 0.05) is 12.5 Å². The molecule has 3 N–H and O–H groups in total. The average molecular weight is 131 g/mol. The van der Waals surface area contributed by atoms with Gasteiger partial charge in [0.05, 0.1) is 0 Å². The molecule has 54 valence electrons. The van der Waals surface area contributed by atoms with Crippen molar-refractivity contribution in [3.05, 3.63) is 0 Å². The van der Waals surface area contributed by atoms with Gasteiger partial charge < -0.3 is 15.6 Å².